The summed E-state index contributed by atoms with van der Waals surface area (Å²) in [5.74, 6) is 0. The first-order valence-corrected chi connectivity index (χ1v) is 47.1. The molecule has 2 heterocycles. The fourth-order valence-corrected chi connectivity index (χ4v) is 21.6. The molecule has 0 unspecified atom stereocenters. The first kappa shape index (κ1) is 83.0. The van der Waals surface area contributed by atoms with Crippen molar-refractivity contribution in [2.24, 2.45) is 0 Å². The SMILES string of the molecule is CC(C)(C)c1ccc2c(c1)C(c1ccccc1)(c1ccccc1)c1cc(C(C)(C)C)cc(N(c3ccc(-c4ccc(-c5ccccc5)cc4)cc3)c3ccc(-c4cccc5c4oc4ccccc45)cc3)c1-2.Cc1cc(-c2ccccc2)ccc1-c1ccc(N(c2ccc(-c3cccc4c3oc3ccccc34)cc2)c2cccc3c2-c2ccccc2C3(c2ccccc2)c2ccccc2)cc1. The molecule has 646 valence electrons. The van der Waals surface area contributed by atoms with Gasteiger partial charge in [0.05, 0.1) is 22.2 Å². The van der Waals surface area contributed by atoms with Gasteiger partial charge in [0, 0.05) is 66.5 Å². The van der Waals surface area contributed by atoms with Gasteiger partial charge in [-0.1, -0.05) is 448 Å². The molecular formula is C131H100N2O2. The standard InChI is InChI=1S/C69H57NO.C62H43NO/c1-67(2,3)53-37-42-60-61(43-53)69(51-21-12-8-13-22-51,52-23-14-9-15-24-52)62-44-54(68(4,5)6)45-63(65(60)62)70(55-38-33-49(34-39-55)48-31-29-47(30-32-48)46-19-10-7-11-20-46)56-40-35-50(36-41-56)57-26-18-27-59-58-25-16-17-28-64(58)71-66(57)59;1-42-41-46(43-17-5-2-6-18-43)35-40-51(42)44-31-36-49(37-32-44)63(50-38-33-45(34-39-50)52-25-15-26-54-53-23-12-14-30-59(53)64-61(52)54)58-29-16-28-57-60(58)55-24-11-13-27-56(55)62(57,47-19-7-3-8-20-47)48-21-9-4-10-22-48/h7-45H,1-6H3;2-41H,1H3. The van der Waals surface area contributed by atoms with Crippen molar-refractivity contribution in [3.63, 3.8) is 0 Å². The Kier molecular flexibility index (Phi) is 20.8. The van der Waals surface area contributed by atoms with Crippen LogP contribution >= 0.6 is 0 Å². The van der Waals surface area contributed by atoms with Crippen LogP contribution in [0.2, 0.25) is 0 Å². The first-order chi connectivity index (χ1) is 66.1. The summed E-state index contributed by atoms with van der Waals surface area (Å²) in [6.07, 6.45) is 0. The predicted octanol–water partition coefficient (Wildman–Crippen LogP) is 35.7. The molecule has 0 N–H and O–H groups in total. The Balaban J connectivity index is 0.000000153. The third kappa shape index (κ3) is 14.4. The number of para-hydroxylation sites is 4. The summed E-state index contributed by atoms with van der Waals surface area (Å²) in [6, 6.07) is 176. The summed E-state index contributed by atoms with van der Waals surface area (Å²) >= 11 is 0. The first-order valence-electron chi connectivity index (χ1n) is 47.1. The Labute approximate surface area is 790 Å². The number of fused-ring (bicyclic) bond motifs is 12. The van der Waals surface area contributed by atoms with Crippen molar-refractivity contribution in [2.45, 2.75) is 70.1 Å². The number of rotatable bonds is 16. The number of hydrogen-bond donors (Lipinski definition) is 0. The summed E-state index contributed by atoms with van der Waals surface area (Å²) in [6.45, 7) is 16.2. The van der Waals surface area contributed by atoms with Crippen LogP contribution in [0.5, 0.6) is 0 Å². The summed E-state index contributed by atoms with van der Waals surface area (Å²) in [5.41, 5.74) is 41.9. The van der Waals surface area contributed by atoms with Gasteiger partial charge in [0.1, 0.15) is 22.3 Å². The molecule has 0 aliphatic heterocycles. The second-order valence-electron chi connectivity index (χ2n) is 38.1. The van der Waals surface area contributed by atoms with E-state index < -0.39 is 10.8 Å². The highest BCUT2D eigenvalue weighted by atomic mass is 16.3. The fourth-order valence-electron chi connectivity index (χ4n) is 21.6. The van der Waals surface area contributed by atoms with E-state index in [1.165, 1.54) is 128 Å². The van der Waals surface area contributed by atoms with Gasteiger partial charge in [-0.05, 0) is 219 Å². The zero-order valence-electron chi connectivity index (χ0n) is 76.8. The Bertz CT molecular complexity index is 8090. The number of aryl methyl sites for hydroxylation is 1. The number of nitrogens with zero attached hydrogens (tertiary/aromatic N) is 2. The van der Waals surface area contributed by atoms with Gasteiger partial charge in [0.2, 0.25) is 0 Å². The highest BCUT2D eigenvalue weighted by Crippen LogP contribution is 2.63. The van der Waals surface area contributed by atoms with Crippen LogP contribution < -0.4 is 9.80 Å². The van der Waals surface area contributed by atoms with E-state index >= 15 is 0 Å². The Morgan fingerprint density at radius 3 is 0.985 bits per heavy atom. The molecule has 0 amide bonds. The summed E-state index contributed by atoms with van der Waals surface area (Å²) in [5, 5.41) is 4.52. The quantitative estimate of drug-likeness (QED) is 0.0965. The molecule has 4 heteroatoms. The molecule has 24 rings (SSSR count). The van der Waals surface area contributed by atoms with E-state index in [-0.39, 0.29) is 10.8 Å². The second-order valence-corrected chi connectivity index (χ2v) is 38.1. The van der Waals surface area contributed by atoms with E-state index in [4.69, 9.17) is 8.83 Å². The Hall–Kier alpha value is -16.4. The molecule has 0 saturated carbocycles. The molecule has 22 aromatic rings. The highest BCUT2D eigenvalue weighted by Gasteiger charge is 2.50. The van der Waals surface area contributed by atoms with E-state index in [1.54, 1.807) is 0 Å². The van der Waals surface area contributed by atoms with Gasteiger partial charge in [0.15, 0.2) is 0 Å². The molecule has 0 radical (unpaired) electrons. The average molecular weight is 1730 g/mol. The van der Waals surface area contributed by atoms with Crippen molar-refractivity contribution in [2.75, 3.05) is 9.80 Å². The molecule has 0 fully saturated rings. The van der Waals surface area contributed by atoms with Gasteiger partial charge in [-0.25, -0.2) is 0 Å². The lowest BCUT2D eigenvalue weighted by Crippen LogP contribution is -2.30. The van der Waals surface area contributed by atoms with E-state index in [9.17, 15) is 0 Å². The maximum atomic E-state index is 6.57. The molecule has 2 aromatic heterocycles. The Morgan fingerprint density at radius 2 is 0.526 bits per heavy atom. The third-order valence-electron chi connectivity index (χ3n) is 28.2. The largest absolute Gasteiger partial charge is 0.455 e. The molecule has 2 aliphatic rings. The fraction of sp³-hybridized carbons (Fsp3) is 0.0840. The van der Waals surface area contributed by atoms with Crippen LogP contribution in [0.3, 0.4) is 0 Å². The molecule has 0 spiro atoms. The van der Waals surface area contributed by atoms with Gasteiger partial charge < -0.3 is 18.6 Å². The normalized spacial score (nSPS) is 12.8. The zero-order chi connectivity index (χ0) is 91.1. The molecule has 2 aliphatic carbocycles. The number of anilines is 6. The van der Waals surface area contributed by atoms with Crippen molar-refractivity contribution in [3.8, 4) is 89.0 Å². The van der Waals surface area contributed by atoms with Crippen LogP contribution in [0.25, 0.3) is 133 Å². The number of hydrogen-bond acceptors (Lipinski definition) is 4. The molecular weight excluding hydrogens is 1630 g/mol. The van der Waals surface area contributed by atoms with Crippen LogP contribution in [-0.4, -0.2) is 0 Å². The smallest absolute Gasteiger partial charge is 0.143 e. The molecule has 20 aromatic carbocycles. The van der Waals surface area contributed by atoms with Gasteiger partial charge in [0.25, 0.3) is 0 Å². The molecule has 0 saturated heterocycles. The van der Waals surface area contributed by atoms with Gasteiger partial charge in [-0.3, -0.25) is 0 Å². The van der Waals surface area contributed by atoms with Crippen LogP contribution in [0, 0.1) is 6.92 Å². The van der Waals surface area contributed by atoms with E-state index in [0.717, 1.165) is 100 Å². The third-order valence-corrected chi connectivity index (χ3v) is 28.2. The summed E-state index contributed by atoms with van der Waals surface area (Å²) in [4.78, 5) is 4.96. The molecule has 0 atom stereocenters. The maximum Gasteiger partial charge on any atom is 0.143 e. The number of furan rings is 2. The monoisotopic (exact) mass is 1730 g/mol. The van der Waals surface area contributed by atoms with Crippen LogP contribution in [0.15, 0.2) is 488 Å². The lowest BCUT2D eigenvalue weighted by Gasteiger charge is -2.36. The van der Waals surface area contributed by atoms with Gasteiger partial charge >= 0.3 is 0 Å². The van der Waals surface area contributed by atoms with Crippen LogP contribution in [0.4, 0.5) is 34.1 Å². The van der Waals surface area contributed by atoms with Crippen molar-refractivity contribution >= 4 is 78.0 Å². The van der Waals surface area contributed by atoms with Gasteiger partial charge in [-0.2, -0.15) is 0 Å². The second kappa shape index (κ2) is 33.8. The van der Waals surface area contributed by atoms with E-state index in [1.807, 2.05) is 18.2 Å². The minimum absolute atomic E-state index is 0.0631. The summed E-state index contributed by atoms with van der Waals surface area (Å²) in [7, 11) is 0. The lowest BCUT2D eigenvalue weighted by atomic mass is 9.66. The highest BCUT2D eigenvalue weighted by molar-refractivity contribution is 6.11. The van der Waals surface area contributed by atoms with Crippen molar-refractivity contribution in [3.05, 3.63) is 540 Å². The van der Waals surface area contributed by atoms with Gasteiger partial charge in [-0.15, -0.1) is 0 Å². The van der Waals surface area contributed by atoms with E-state index in [2.05, 4.69) is 519 Å². The maximum absolute atomic E-state index is 6.57. The molecule has 4 nitrogen and oxygen atoms in total. The predicted molar refractivity (Wildman–Crippen MR) is 566 cm³/mol. The van der Waals surface area contributed by atoms with Crippen LogP contribution in [-0.2, 0) is 21.7 Å². The topological polar surface area (TPSA) is 32.8 Å². The average Bonchev–Trinajstić information content (AvgIpc) is 1.53. The minimum Gasteiger partial charge on any atom is -0.455 e. The van der Waals surface area contributed by atoms with Crippen LogP contribution in [0.1, 0.15) is 103 Å². The van der Waals surface area contributed by atoms with Crippen molar-refractivity contribution < 1.29 is 8.83 Å². The van der Waals surface area contributed by atoms with Crippen molar-refractivity contribution in [1.29, 1.82) is 0 Å². The minimum atomic E-state index is -0.596. The number of benzene rings is 20. The molecule has 0 bridgehead atoms. The van der Waals surface area contributed by atoms with Crippen molar-refractivity contribution in [1.82, 2.24) is 0 Å². The zero-order valence-corrected chi connectivity index (χ0v) is 76.8. The summed E-state index contributed by atoms with van der Waals surface area (Å²) < 4.78 is 13.1. The Morgan fingerprint density at radius 1 is 0.207 bits per heavy atom. The molecule has 135 heavy (non-hydrogen) atoms. The lowest BCUT2D eigenvalue weighted by molar-refractivity contribution is 0.586. The van der Waals surface area contributed by atoms with E-state index in [0.29, 0.717) is 0 Å².